The fourth-order valence-corrected chi connectivity index (χ4v) is 4.52. The van der Waals surface area contributed by atoms with Crippen LogP contribution in [-0.4, -0.2) is 61.5 Å². The number of hydrogen-bond donors (Lipinski definition) is 1. The molecule has 0 spiro atoms. The Morgan fingerprint density at radius 3 is 1.57 bits per heavy atom. The summed E-state index contributed by atoms with van der Waals surface area (Å²) in [6.45, 7) is 15.1. The Hall–Kier alpha value is 0.270. The summed E-state index contributed by atoms with van der Waals surface area (Å²) in [4.78, 5) is 2.47. The van der Waals surface area contributed by atoms with E-state index in [-0.39, 0.29) is 0 Å². The first-order valence-corrected chi connectivity index (χ1v) is 13.4. The largest absolute Gasteiger partial charge is 0.324 e. The second kappa shape index (κ2) is 20.5. The van der Waals surface area contributed by atoms with Crippen molar-refractivity contribution in [2.24, 2.45) is 0 Å². The van der Waals surface area contributed by atoms with Crippen molar-refractivity contribution in [1.29, 1.82) is 0 Å². The topological polar surface area (TPSA) is 3.24 Å². The molecule has 0 aliphatic carbocycles. The second-order valence-corrected chi connectivity index (χ2v) is 9.55. The predicted molar refractivity (Wildman–Crippen MR) is 133 cm³/mol. The lowest BCUT2D eigenvalue weighted by atomic mass is 10.1. The fraction of sp³-hybridized carbons (Fsp3) is 1.00. The highest BCUT2D eigenvalue weighted by molar-refractivity contribution is 7.80. The molecular weight excluding hydrogens is 360 g/mol. The van der Waals surface area contributed by atoms with Gasteiger partial charge in [0.2, 0.25) is 0 Å². The minimum atomic E-state index is 1.06. The Kier molecular flexibility index (Phi) is 20.7. The predicted octanol–water partition coefficient (Wildman–Crippen LogP) is 7.19. The number of rotatable bonds is 22. The molecule has 170 valence electrons. The number of quaternary nitrogens is 1. The molecule has 0 amide bonds. The van der Waals surface area contributed by atoms with Crippen molar-refractivity contribution in [2.75, 3.05) is 52.1 Å². The minimum Gasteiger partial charge on any atom is -0.324 e. The Morgan fingerprint density at radius 2 is 1.04 bits per heavy atom. The number of nitrogens with zero attached hydrogens (tertiary/aromatic N) is 2. The molecule has 2 nitrogen and oxygen atoms in total. The van der Waals surface area contributed by atoms with E-state index >= 15 is 0 Å². The van der Waals surface area contributed by atoms with Crippen molar-refractivity contribution < 1.29 is 4.48 Å². The molecule has 0 N–H and O–H groups in total. The van der Waals surface area contributed by atoms with Gasteiger partial charge in [-0.05, 0) is 77.3 Å². The van der Waals surface area contributed by atoms with Gasteiger partial charge in [-0.15, -0.1) is 0 Å². The van der Waals surface area contributed by atoms with E-state index in [1.54, 1.807) is 0 Å². The molecule has 0 saturated heterocycles. The Bertz CT molecular complexity index is 311. The molecule has 0 radical (unpaired) electrons. The summed E-state index contributed by atoms with van der Waals surface area (Å²) < 4.78 is 1.42. The zero-order valence-corrected chi connectivity index (χ0v) is 21.1. The third-order valence-corrected chi connectivity index (χ3v) is 6.79. The Balaban J connectivity index is 4.55. The molecule has 0 aliphatic rings. The van der Waals surface area contributed by atoms with E-state index in [9.17, 15) is 0 Å². The van der Waals surface area contributed by atoms with Crippen LogP contribution in [0.25, 0.3) is 0 Å². The highest BCUT2D eigenvalue weighted by atomic mass is 32.1. The summed E-state index contributed by atoms with van der Waals surface area (Å²) in [5.74, 6) is 1.06. The molecule has 0 aromatic heterocycles. The van der Waals surface area contributed by atoms with Gasteiger partial charge in [-0.25, -0.2) is 0 Å². The summed E-state index contributed by atoms with van der Waals surface area (Å²) in [7, 11) is 2.26. The molecule has 3 heteroatoms. The highest BCUT2D eigenvalue weighted by Gasteiger charge is 2.25. The molecule has 0 rings (SSSR count). The third kappa shape index (κ3) is 16.1. The third-order valence-electron chi connectivity index (χ3n) is 6.47. The first-order valence-electron chi connectivity index (χ1n) is 12.8. The van der Waals surface area contributed by atoms with E-state index in [2.05, 4.69) is 45.3 Å². The van der Waals surface area contributed by atoms with Crippen LogP contribution in [0.4, 0.5) is 0 Å². The normalized spacial score (nSPS) is 13.9. The van der Waals surface area contributed by atoms with Crippen LogP contribution in [0.5, 0.6) is 0 Å². The van der Waals surface area contributed by atoms with Crippen LogP contribution in [-0.2, 0) is 0 Å². The van der Waals surface area contributed by atoms with Crippen LogP contribution in [0.15, 0.2) is 0 Å². The molecule has 0 aromatic carbocycles. The minimum absolute atomic E-state index is 1.06. The van der Waals surface area contributed by atoms with Crippen LogP contribution in [0.2, 0.25) is 0 Å². The van der Waals surface area contributed by atoms with Gasteiger partial charge in [-0.1, -0.05) is 59.3 Å². The van der Waals surface area contributed by atoms with Crippen LogP contribution < -0.4 is 0 Å². The average molecular weight is 416 g/mol. The number of hydrogen-bond acceptors (Lipinski definition) is 2. The van der Waals surface area contributed by atoms with E-state index in [1.807, 2.05) is 0 Å². The van der Waals surface area contributed by atoms with Crippen molar-refractivity contribution >= 4 is 12.6 Å². The maximum atomic E-state index is 4.34. The standard InChI is InChI=1S/C25H54N2S/c1-5-8-10-16-22-27(21-9-6-2,24-18-15-20-26(4)7-3)23-17-13-11-12-14-19-25-28/h5-25H2,1-4H3/p+1. The van der Waals surface area contributed by atoms with Crippen LogP contribution in [0.1, 0.15) is 111 Å². The fourth-order valence-electron chi connectivity index (χ4n) is 4.29. The lowest BCUT2D eigenvalue weighted by molar-refractivity contribution is -0.929. The molecule has 28 heavy (non-hydrogen) atoms. The summed E-state index contributed by atoms with van der Waals surface area (Å²) in [6, 6.07) is 0. The summed E-state index contributed by atoms with van der Waals surface area (Å²) in [5.41, 5.74) is 0. The van der Waals surface area contributed by atoms with E-state index in [0.717, 1.165) is 5.75 Å². The highest BCUT2D eigenvalue weighted by Crippen LogP contribution is 2.18. The van der Waals surface area contributed by atoms with E-state index < -0.39 is 0 Å². The number of unbranched alkanes of at least 4 members (excludes halogenated alkanes) is 10. The van der Waals surface area contributed by atoms with E-state index in [1.165, 1.54) is 134 Å². The molecule has 0 saturated carbocycles. The molecule has 0 heterocycles. The summed E-state index contributed by atoms with van der Waals surface area (Å²) in [5, 5.41) is 0. The van der Waals surface area contributed by atoms with Gasteiger partial charge in [0.25, 0.3) is 0 Å². The Morgan fingerprint density at radius 1 is 0.571 bits per heavy atom. The first-order chi connectivity index (χ1) is 13.6. The van der Waals surface area contributed by atoms with E-state index in [4.69, 9.17) is 0 Å². The molecule has 1 unspecified atom stereocenters. The van der Waals surface area contributed by atoms with Gasteiger partial charge in [-0.2, -0.15) is 12.6 Å². The molecule has 0 bridgehead atoms. The van der Waals surface area contributed by atoms with Crippen LogP contribution >= 0.6 is 12.6 Å². The first kappa shape index (κ1) is 28.3. The van der Waals surface area contributed by atoms with Gasteiger partial charge in [0.05, 0.1) is 26.2 Å². The lowest BCUT2D eigenvalue weighted by Gasteiger charge is -2.39. The van der Waals surface area contributed by atoms with Crippen LogP contribution in [0, 0.1) is 0 Å². The van der Waals surface area contributed by atoms with Crippen molar-refractivity contribution in [3.8, 4) is 0 Å². The Labute approximate surface area is 184 Å². The average Bonchev–Trinajstić information content (AvgIpc) is 2.71. The summed E-state index contributed by atoms with van der Waals surface area (Å²) >= 11 is 4.34. The van der Waals surface area contributed by atoms with Gasteiger partial charge in [-0.3, -0.25) is 0 Å². The second-order valence-electron chi connectivity index (χ2n) is 9.10. The monoisotopic (exact) mass is 415 g/mol. The molecule has 0 aromatic rings. The molecular formula is C25H55N2S+. The molecule has 0 aliphatic heterocycles. The molecule has 1 atom stereocenters. The zero-order valence-electron chi connectivity index (χ0n) is 20.2. The van der Waals surface area contributed by atoms with Crippen molar-refractivity contribution in [2.45, 2.75) is 111 Å². The van der Waals surface area contributed by atoms with Crippen LogP contribution in [0.3, 0.4) is 0 Å². The van der Waals surface area contributed by atoms with Gasteiger partial charge in [0.1, 0.15) is 0 Å². The van der Waals surface area contributed by atoms with Gasteiger partial charge >= 0.3 is 0 Å². The number of thiol groups is 1. The SMILES string of the molecule is CCCCCC[N+](CCCC)(CCCCCCCCS)CCCCN(C)CC. The van der Waals surface area contributed by atoms with Crippen molar-refractivity contribution in [1.82, 2.24) is 4.90 Å². The van der Waals surface area contributed by atoms with Crippen molar-refractivity contribution in [3.63, 3.8) is 0 Å². The van der Waals surface area contributed by atoms with Gasteiger partial charge < -0.3 is 9.38 Å². The molecule has 0 fully saturated rings. The van der Waals surface area contributed by atoms with Gasteiger partial charge in [0.15, 0.2) is 0 Å². The zero-order chi connectivity index (χ0) is 20.9. The summed E-state index contributed by atoms with van der Waals surface area (Å²) in [6.07, 6.45) is 19.6. The smallest absolute Gasteiger partial charge is 0.0787 e. The van der Waals surface area contributed by atoms with Crippen molar-refractivity contribution in [3.05, 3.63) is 0 Å². The quantitative estimate of drug-likeness (QED) is 0.111. The van der Waals surface area contributed by atoms with E-state index in [0.29, 0.717) is 0 Å². The maximum absolute atomic E-state index is 4.34. The lowest BCUT2D eigenvalue weighted by Crippen LogP contribution is -2.51. The maximum Gasteiger partial charge on any atom is 0.0787 e. The van der Waals surface area contributed by atoms with Gasteiger partial charge in [0, 0.05) is 0 Å².